The predicted octanol–water partition coefficient (Wildman–Crippen LogP) is 3.29. The van der Waals surface area contributed by atoms with Gasteiger partial charge in [-0.1, -0.05) is 36.9 Å². The summed E-state index contributed by atoms with van der Waals surface area (Å²) >= 11 is 1.06. The van der Waals surface area contributed by atoms with E-state index in [1.807, 2.05) is 37.5 Å². The molecule has 0 bridgehead atoms. The van der Waals surface area contributed by atoms with Crippen LogP contribution in [0.15, 0.2) is 118 Å². The van der Waals surface area contributed by atoms with E-state index in [4.69, 9.17) is 0 Å². The van der Waals surface area contributed by atoms with Gasteiger partial charge in [-0.2, -0.15) is 0 Å². The van der Waals surface area contributed by atoms with Gasteiger partial charge in [0.2, 0.25) is 15.7 Å². The maximum atomic E-state index is 13.1. The van der Waals surface area contributed by atoms with Crippen LogP contribution in [0.25, 0.3) is 0 Å². The molecule has 4 rings (SSSR count). The fraction of sp³-hybridized carbons (Fsp3) is 0.212. The third-order valence-electron chi connectivity index (χ3n) is 6.53. The molecule has 11 heteroatoms. The Bertz CT molecular complexity index is 1660. The van der Waals surface area contributed by atoms with Crippen molar-refractivity contribution in [3.63, 3.8) is 0 Å². The highest BCUT2D eigenvalue weighted by Gasteiger charge is 2.19. The molecule has 2 N–H and O–H groups in total. The van der Waals surface area contributed by atoms with Crippen molar-refractivity contribution in [2.75, 3.05) is 10.6 Å². The van der Waals surface area contributed by atoms with E-state index in [9.17, 15) is 22.8 Å². The number of nitrogens with one attached hydrogen (secondary N) is 2. The lowest BCUT2D eigenvalue weighted by Crippen LogP contribution is -3.00. The Morgan fingerprint density at radius 1 is 0.727 bits per heavy atom. The van der Waals surface area contributed by atoms with Crippen molar-refractivity contribution in [2.45, 2.75) is 60.3 Å². The molecule has 0 aliphatic carbocycles. The highest BCUT2D eigenvalue weighted by Crippen LogP contribution is 2.27. The lowest BCUT2D eigenvalue weighted by atomic mass is 10.2. The average Bonchev–Trinajstić information content (AvgIpc) is 3.01. The van der Waals surface area contributed by atoms with Crippen LogP contribution in [0.5, 0.6) is 0 Å². The van der Waals surface area contributed by atoms with Crippen LogP contribution in [0.1, 0.15) is 49.4 Å². The van der Waals surface area contributed by atoms with E-state index in [0.29, 0.717) is 34.7 Å². The van der Waals surface area contributed by atoms with E-state index in [0.717, 1.165) is 37.6 Å². The largest absolute Gasteiger partial charge is 1.00 e. The minimum Gasteiger partial charge on any atom is -1.00 e. The van der Waals surface area contributed by atoms with Gasteiger partial charge < -0.3 is 27.6 Å². The lowest BCUT2D eigenvalue weighted by Gasteiger charge is -2.11. The Balaban J connectivity index is 0.00000529. The van der Waals surface area contributed by atoms with Crippen molar-refractivity contribution >= 4 is 49.9 Å². The number of unbranched alkanes of at least 4 members (excludes halogenated alkanes) is 1. The Hall–Kier alpha value is -3.80. The molecule has 1 heterocycles. The first-order valence-electron chi connectivity index (χ1n) is 14.1. The zero-order valence-electron chi connectivity index (χ0n) is 24.2. The Morgan fingerprint density at radius 3 is 1.93 bits per heavy atom. The van der Waals surface area contributed by atoms with Crippen LogP contribution < -0.4 is 32.2 Å². The molecule has 0 radical (unpaired) electrons. The molecule has 8 nitrogen and oxygen atoms in total. The summed E-state index contributed by atoms with van der Waals surface area (Å²) in [4.78, 5) is 38.3. The molecule has 0 saturated heterocycles. The van der Waals surface area contributed by atoms with Gasteiger partial charge in [0, 0.05) is 47.7 Å². The van der Waals surface area contributed by atoms with Crippen LogP contribution in [-0.2, 0) is 26.0 Å². The van der Waals surface area contributed by atoms with Gasteiger partial charge in [-0.15, -0.1) is 0 Å². The number of nitrogens with zero attached hydrogens (tertiary/aromatic N) is 1. The first kappa shape index (κ1) is 34.7. The van der Waals surface area contributed by atoms with Crippen LogP contribution in [0, 0.1) is 0 Å². The summed E-state index contributed by atoms with van der Waals surface area (Å²) < 4.78 is 28.3. The van der Waals surface area contributed by atoms with E-state index in [1.165, 1.54) is 36.4 Å². The van der Waals surface area contributed by atoms with Gasteiger partial charge in [-0.05, 0) is 73.5 Å². The molecule has 44 heavy (non-hydrogen) atoms. The minimum atomic E-state index is -3.81. The summed E-state index contributed by atoms with van der Waals surface area (Å²) in [7, 11) is -3.81. The average molecular weight is 697 g/mol. The zero-order valence-corrected chi connectivity index (χ0v) is 27.5. The second-order valence-corrected chi connectivity index (χ2v) is 12.9. The van der Waals surface area contributed by atoms with Crippen molar-refractivity contribution in [3.8, 4) is 0 Å². The zero-order chi connectivity index (χ0) is 30.7. The molecule has 2 amide bonds. The number of amides is 2. The van der Waals surface area contributed by atoms with Gasteiger partial charge in [0.1, 0.15) is 6.54 Å². The third-order valence-corrected chi connectivity index (χ3v) is 9.32. The molecule has 0 spiro atoms. The fourth-order valence-electron chi connectivity index (χ4n) is 4.28. The molecular formula is C33H34BrN3O5S2. The summed E-state index contributed by atoms with van der Waals surface area (Å²) in [5.74, 6) is -0.523. The summed E-state index contributed by atoms with van der Waals surface area (Å²) in [5.41, 5.74) is 1.31. The van der Waals surface area contributed by atoms with Crippen LogP contribution >= 0.6 is 11.8 Å². The second kappa shape index (κ2) is 16.9. The molecule has 4 aromatic rings. The second-order valence-electron chi connectivity index (χ2n) is 9.85. The Kier molecular flexibility index (Phi) is 13.3. The van der Waals surface area contributed by atoms with E-state index >= 15 is 0 Å². The Labute approximate surface area is 273 Å². The molecule has 0 saturated carbocycles. The van der Waals surface area contributed by atoms with Gasteiger partial charge in [0.05, 0.1) is 15.4 Å². The van der Waals surface area contributed by atoms with Gasteiger partial charge in [-0.25, -0.2) is 13.0 Å². The van der Waals surface area contributed by atoms with E-state index in [-0.39, 0.29) is 37.8 Å². The van der Waals surface area contributed by atoms with Gasteiger partial charge in [0.25, 0.3) is 5.91 Å². The number of carbonyl (C=O) groups excluding carboxylic acids is 3. The molecule has 0 unspecified atom stereocenters. The van der Waals surface area contributed by atoms with Gasteiger partial charge in [-0.3, -0.25) is 14.4 Å². The molecule has 0 aliphatic rings. The van der Waals surface area contributed by atoms with Crippen LogP contribution in [-0.4, -0.2) is 25.3 Å². The number of sulfone groups is 1. The first-order valence-corrected chi connectivity index (χ1v) is 16.4. The van der Waals surface area contributed by atoms with Gasteiger partial charge in [0.15, 0.2) is 17.5 Å². The maximum Gasteiger partial charge on any atom is 0.256 e. The van der Waals surface area contributed by atoms with Crippen molar-refractivity contribution < 1.29 is 44.3 Å². The third kappa shape index (κ3) is 9.87. The lowest BCUT2D eigenvalue weighted by molar-refractivity contribution is -0.697. The molecular weight excluding hydrogens is 662 g/mol. The highest BCUT2D eigenvalue weighted by atomic mass is 79.9. The number of hydrogen-bond acceptors (Lipinski definition) is 6. The van der Waals surface area contributed by atoms with Crippen molar-refractivity contribution in [3.05, 3.63) is 109 Å². The Morgan fingerprint density at radius 2 is 1.32 bits per heavy atom. The van der Waals surface area contributed by atoms with E-state index in [2.05, 4.69) is 15.2 Å². The molecule has 0 atom stereocenters. The van der Waals surface area contributed by atoms with Crippen molar-refractivity contribution in [1.82, 2.24) is 0 Å². The van der Waals surface area contributed by atoms with Crippen LogP contribution in [0.4, 0.5) is 11.4 Å². The molecule has 0 aliphatic heterocycles. The number of benzene rings is 3. The fourth-order valence-corrected chi connectivity index (χ4v) is 6.45. The van der Waals surface area contributed by atoms with Crippen molar-refractivity contribution in [2.24, 2.45) is 0 Å². The number of hydrogen-bond donors (Lipinski definition) is 2. The molecule has 1 aromatic heterocycles. The number of aryl methyl sites for hydroxylation is 1. The number of pyridine rings is 1. The quantitative estimate of drug-likeness (QED) is 0.126. The molecule has 230 valence electrons. The summed E-state index contributed by atoms with van der Waals surface area (Å²) in [5, 5.41) is 5.52. The van der Waals surface area contributed by atoms with E-state index in [1.54, 1.807) is 36.4 Å². The monoisotopic (exact) mass is 695 g/mol. The van der Waals surface area contributed by atoms with E-state index < -0.39 is 15.7 Å². The van der Waals surface area contributed by atoms with Crippen LogP contribution in [0.3, 0.4) is 0 Å². The SMILES string of the molecule is CCCC(=O)Nc1ccc(S(=O)(=O)c2ccc(NC(=O)c3ccccc3SC(=O)CCCC[n+]3ccccc3)cc2)cc1.[Br-]. The smallest absolute Gasteiger partial charge is 0.256 e. The number of aromatic nitrogens is 1. The number of carbonyl (C=O) groups is 3. The predicted molar refractivity (Wildman–Crippen MR) is 168 cm³/mol. The first-order chi connectivity index (χ1) is 20.8. The summed E-state index contributed by atoms with van der Waals surface area (Å²) in [6, 6.07) is 24.7. The van der Waals surface area contributed by atoms with Crippen molar-refractivity contribution in [1.29, 1.82) is 0 Å². The number of anilines is 2. The topological polar surface area (TPSA) is 113 Å². The standard InChI is InChI=1S/C33H33N3O5S2.BrH/c1-2-10-31(37)34-25-14-18-27(19-15-25)43(40,41)28-20-16-26(17-21-28)35-33(39)29-11-4-5-12-30(29)42-32(38)13-6-9-24-36-22-7-3-8-23-36;/h3-5,7-8,11-12,14-23H,2,6,9-10,13,24H2,1H3,(H-,34,35,37,39);1H. The maximum absolute atomic E-state index is 13.1. The summed E-state index contributed by atoms with van der Waals surface area (Å²) in [6.45, 7) is 2.74. The number of halogens is 1. The normalized spacial score (nSPS) is 10.8. The van der Waals surface area contributed by atoms with Crippen LogP contribution in [0.2, 0.25) is 0 Å². The van der Waals surface area contributed by atoms with Gasteiger partial charge >= 0.3 is 0 Å². The molecule has 3 aromatic carbocycles. The number of rotatable bonds is 13. The number of thioether (sulfide) groups is 1. The highest BCUT2D eigenvalue weighted by molar-refractivity contribution is 8.13. The molecule has 0 fully saturated rings. The minimum absolute atomic E-state index is 0. The summed E-state index contributed by atoms with van der Waals surface area (Å²) in [6.07, 6.45) is 7.12.